The van der Waals surface area contributed by atoms with Crippen molar-refractivity contribution in [2.75, 3.05) is 11.5 Å². The molecule has 1 amide bonds. The number of rotatable bonds is 2. The van der Waals surface area contributed by atoms with Crippen LogP contribution in [0.2, 0.25) is 0 Å². The van der Waals surface area contributed by atoms with Crippen LogP contribution in [0.5, 0.6) is 0 Å². The van der Waals surface area contributed by atoms with Crippen molar-refractivity contribution in [3.05, 3.63) is 20.2 Å². The first kappa shape index (κ1) is 14.9. The zero-order valence-electron chi connectivity index (χ0n) is 12.2. The fourth-order valence-electron chi connectivity index (χ4n) is 3.58. The lowest BCUT2D eigenvalue weighted by molar-refractivity contribution is -0.424. The quantitative estimate of drug-likeness (QED) is 0.548. The molecule has 13 nitrogen and oxygen atoms in total. The molecular formula is C11H11N5O8. The van der Waals surface area contributed by atoms with Crippen molar-refractivity contribution in [3.8, 4) is 0 Å². The van der Waals surface area contributed by atoms with Gasteiger partial charge in [-0.15, -0.1) is 4.68 Å². The number of hydrogen-bond acceptors (Lipinski definition) is 9. The number of aromatic nitrogens is 2. The molecule has 1 aromatic heterocycles. The fraction of sp³-hybridized carbons (Fsp3) is 0.636. The summed E-state index contributed by atoms with van der Waals surface area (Å²) in [6.07, 6.45) is -1.84. The standard InChI is InChI=1S/C11H11N5O8/c1-4(17)13-9-7(15(19)20)8(16(21)22)12-14(9)5-2-11(13,18)10-23-3-6(5)24-10/h5-6,10,18H,2-3H2,1H3. The molecule has 0 radical (unpaired) electrons. The molecule has 4 rings (SSSR count). The van der Waals surface area contributed by atoms with Crippen molar-refractivity contribution in [1.29, 1.82) is 0 Å². The van der Waals surface area contributed by atoms with Crippen LogP contribution >= 0.6 is 0 Å². The molecule has 2 fully saturated rings. The molecule has 2 saturated heterocycles. The van der Waals surface area contributed by atoms with Gasteiger partial charge in [-0.25, -0.2) is 0 Å². The third-order valence-corrected chi connectivity index (χ3v) is 4.45. The second-order valence-corrected chi connectivity index (χ2v) is 5.80. The first-order chi connectivity index (χ1) is 11.3. The molecule has 1 N–H and O–H groups in total. The van der Waals surface area contributed by atoms with Crippen molar-refractivity contribution >= 4 is 23.2 Å². The molecule has 0 aromatic carbocycles. The maximum Gasteiger partial charge on any atom is 0.470 e. The number of nitro groups is 2. The molecule has 4 heterocycles. The van der Waals surface area contributed by atoms with Crippen LogP contribution in [0.25, 0.3) is 0 Å². The van der Waals surface area contributed by atoms with Gasteiger partial charge in [0, 0.05) is 13.3 Å². The zero-order chi connectivity index (χ0) is 17.4. The lowest BCUT2D eigenvalue weighted by Gasteiger charge is -2.48. The van der Waals surface area contributed by atoms with Crippen LogP contribution in [-0.4, -0.2) is 55.4 Å². The van der Waals surface area contributed by atoms with Gasteiger partial charge in [0.05, 0.1) is 16.6 Å². The number of carbonyl (C=O) groups is 1. The molecule has 4 unspecified atom stereocenters. The minimum Gasteiger partial charge on any atom is -0.366 e. The van der Waals surface area contributed by atoms with E-state index in [1.54, 1.807) is 0 Å². The molecule has 128 valence electrons. The Bertz CT molecular complexity index is 792. The van der Waals surface area contributed by atoms with E-state index >= 15 is 0 Å². The Labute approximate surface area is 132 Å². The van der Waals surface area contributed by atoms with Gasteiger partial charge in [0.15, 0.2) is 5.72 Å². The van der Waals surface area contributed by atoms with E-state index in [9.17, 15) is 30.1 Å². The largest absolute Gasteiger partial charge is 0.470 e. The van der Waals surface area contributed by atoms with Gasteiger partial charge in [-0.05, 0) is 4.92 Å². The van der Waals surface area contributed by atoms with Gasteiger partial charge in [0.1, 0.15) is 12.1 Å². The van der Waals surface area contributed by atoms with Crippen molar-refractivity contribution in [2.45, 2.75) is 37.5 Å². The molecule has 13 heteroatoms. The van der Waals surface area contributed by atoms with E-state index in [1.165, 1.54) is 0 Å². The second-order valence-electron chi connectivity index (χ2n) is 5.80. The zero-order valence-corrected chi connectivity index (χ0v) is 12.2. The highest BCUT2D eigenvalue weighted by molar-refractivity contribution is 5.95. The second kappa shape index (κ2) is 4.46. The SMILES string of the molecule is CC(=O)N1c2c([N+](=O)[O-])c([N+](=O)[O-])nn2C2CC1(O)C1OCC2O1. The van der Waals surface area contributed by atoms with Crippen LogP contribution in [0.1, 0.15) is 19.4 Å². The number of nitrogens with zero attached hydrogens (tertiary/aromatic N) is 5. The summed E-state index contributed by atoms with van der Waals surface area (Å²) in [6, 6.07) is -0.730. The summed E-state index contributed by atoms with van der Waals surface area (Å²) in [5.74, 6) is -2.18. The van der Waals surface area contributed by atoms with E-state index in [2.05, 4.69) is 5.10 Å². The van der Waals surface area contributed by atoms with Crippen LogP contribution in [0.3, 0.4) is 0 Å². The molecule has 0 saturated carbocycles. The molecule has 4 bridgehead atoms. The topological polar surface area (TPSA) is 163 Å². The number of fused-ring (bicyclic) bond motifs is 8. The van der Waals surface area contributed by atoms with Crippen molar-refractivity contribution in [3.63, 3.8) is 0 Å². The molecule has 1 aromatic rings. The molecule has 3 aliphatic heterocycles. The van der Waals surface area contributed by atoms with E-state index in [0.29, 0.717) is 4.90 Å². The first-order valence-corrected chi connectivity index (χ1v) is 6.97. The van der Waals surface area contributed by atoms with Gasteiger partial charge in [0.2, 0.25) is 18.0 Å². The Morgan fingerprint density at radius 3 is 2.71 bits per heavy atom. The molecule has 0 aliphatic carbocycles. The highest BCUT2D eigenvalue weighted by Crippen LogP contribution is 2.53. The van der Waals surface area contributed by atoms with Crippen molar-refractivity contribution in [1.82, 2.24) is 9.78 Å². The summed E-state index contributed by atoms with van der Waals surface area (Å²) in [4.78, 5) is 33.4. The lowest BCUT2D eigenvalue weighted by Crippen LogP contribution is -2.66. The fourth-order valence-corrected chi connectivity index (χ4v) is 3.58. The number of amides is 1. The summed E-state index contributed by atoms with van der Waals surface area (Å²) >= 11 is 0. The minimum atomic E-state index is -2.00. The average molecular weight is 341 g/mol. The van der Waals surface area contributed by atoms with E-state index in [4.69, 9.17) is 9.47 Å². The van der Waals surface area contributed by atoms with Gasteiger partial charge in [-0.1, -0.05) is 0 Å². The predicted molar refractivity (Wildman–Crippen MR) is 71.9 cm³/mol. The Morgan fingerprint density at radius 1 is 1.42 bits per heavy atom. The summed E-state index contributed by atoms with van der Waals surface area (Å²) < 4.78 is 11.9. The number of hydrogen-bond donors (Lipinski definition) is 1. The van der Waals surface area contributed by atoms with E-state index in [1.807, 2.05) is 0 Å². The highest BCUT2D eigenvalue weighted by atomic mass is 16.7. The predicted octanol–water partition coefficient (Wildman–Crippen LogP) is -0.559. The smallest absolute Gasteiger partial charge is 0.366 e. The van der Waals surface area contributed by atoms with Gasteiger partial charge < -0.3 is 24.7 Å². The summed E-state index contributed by atoms with van der Waals surface area (Å²) in [6.45, 7) is 1.15. The van der Waals surface area contributed by atoms with Gasteiger partial charge in [-0.3, -0.25) is 19.8 Å². The average Bonchev–Trinajstić information content (AvgIpc) is 3.07. The van der Waals surface area contributed by atoms with Crippen LogP contribution in [0.4, 0.5) is 17.3 Å². The number of aliphatic hydroxyl groups is 1. The third kappa shape index (κ3) is 1.63. The molecule has 24 heavy (non-hydrogen) atoms. The van der Waals surface area contributed by atoms with Crippen molar-refractivity contribution < 1.29 is 29.2 Å². The van der Waals surface area contributed by atoms with Gasteiger partial charge in [-0.2, -0.15) is 0 Å². The maximum atomic E-state index is 12.1. The summed E-state index contributed by atoms with van der Waals surface area (Å²) in [5, 5.41) is 37.2. The Morgan fingerprint density at radius 2 is 2.12 bits per heavy atom. The first-order valence-electron chi connectivity index (χ1n) is 6.97. The third-order valence-electron chi connectivity index (χ3n) is 4.45. The molecule has 0 spiro atoms. The highest BCUT2D eigenvalue weighted by Gasteiger charge is 2.65. The van der Waals surface area contributed by atoms with E-state index < -0.39 is 57.2 Å². The molecule has 3 aliphatic rings. The Kier molecular flexibility index (Phi) is 2.77. The monoisotopic (exact) mass is 341 g/mol. The van der Waals surface area contributed by atoms with Crippen LogP contribution in [-0.2, 0) is 14.3 Å². The molecular weight excluding hydrogens is 330 g/mol. The molecule has 4 atom stereocenters. The van der Waals surface area contributed by atoms with Gasteiger partial charge in [0.25, 0.3) is 0 Å². The van der Waals surface area contributed by atoms with Crippen molar-refractivity contribution in [2.24, 2.45) is 0 Å². The maximum absolute atomic E-state index is 12.1. The lowest BCUT2D eigenvalue weighted by atomic mass is 9.92. The number of ether oxygens (including phenoxy) is 2. The number of carbonyl (C=O) groups excluding carboxylic acids is 1. The Balaban J connectivity index is 2.04. The van der Waals surface area contributed by atoms with E-state index in [-0.39, 0.29) is 13.0 Å². The van der Waals surface area contributed by atoms with Crippen LogP contribution in [0, 0.1) is 20.2 Å². The van der Waals surface area contributed by atoms with Crippen LogP contribution in [0.15, 0.2) is 0 Å². The van der Waals surface area contributed by atoms with E-state index in [0.717, 1.165) is 11.6 Å². The minimum absolute atomic E-state index is 0.0646. The normalized spacial score (nSPS) is 33.2. The van der Waals surface area contributed by atoms with Crippen LogP contribution < -0.4 is 4.90 Å². The summed E-state index contributed by atoms with van der Waals surface area (Å²) in [5.41, 5.74) is -2.95. The summed E-state index contributed by atoms with van der Waals surface area (Å²) in [7, 11) is 0. The van der Waals surface area contributed by atoms with Gasteiger partial charge >= 0.3 is 11.5 Å². The Hall–Kier alpha value is -2.64. The number of anilines is 1.